The third-order valence-electron chi connectivity index (χ3n) is 4.99. The minimum absolute atomic E-state index is 0.0971. The molecule has 0 aromatic carbocycles. The van der Waals surface area contributed by atoms with Crippen molar-refractivity contribution in [2.24, 2.45) is 0 Å². The Bertz CT molecular complexity index is 687. The summed E-state index contributed by atoms with van der Waals surface area (Å²) in [6.07, 6.45) is 6.66. The van der Waals surface area contributed by atoms with E-state index in [1.807, 2.05) is 0 Å². The van der Waals surface area contributed by atoms with Crippen molar-refractivity contribution in [2.45, 2.75) is 75.8 Å². The molecule has 1 N–H and O–H groups in total. The van der Waals surface area contributed by atoms with Gasteiger partial charge in [0, 0.05) is 12.6 Å². The maximum absolute atomic E-state index is 13.0. The molecule has 1 saturated heterocycles. The zero-order valence-electron chi connectivity index (χ0n) is 14.2. The van der Waals surface area contributed by atoms with Crippen molar-refractivity contribution in [2.75, 3.05) is 6.54 Å². The summed E-state index contributed by atoms with van der Waals surface area (Å²) >= 11 is 0. The van der Waals surface area contributed by atoms with Gasteiger partial charge in [-0.05, 0) is 39.5 Å². The van der Waals surface area contributed by atoms with Crippen molar-refractivity contribution in [3.05, 3.63) is 11.5 Å². The Morgan fingerprint density at radius 1 is 1.17 bits per heavy atom. The van der Waals surface area contributed by atoms with E-state index in [4.69, 9.17) is 4.52 Å². The highest BCUT2D eigenvalue weighted by molar-refractivity contribution is 7.89. The second-order valence-electron chi connectivity index (χ2n) is 6.77. The van der Waals surface area contributed by atoms with Crippen molar-refractivity contribution in [3.63, 3.8) is 0 Å². The van der Waals surface area contributed by atoms with Crippen LogP contribution in [0.1, 0.15) is 56.4 Å². The number of nitrogens with zero attached hydrogens (tertiary/aromatic N) is 2. The first-order valence-corrected chi connectivity index (χ1v) is 10.1. The summed E-state index contributed by atoms with van der Waals surface area (Å²) in [5.41, 5.74) is 0.339. The third-order valence-corrected chi connectivity index (χ3v) is 7.15. The molecule has 0 unspecified atom stereocenters. The van der Waals surface area contributed by atoms with Crippen LogP contribution in [-0.2, 0) is 14.8 Å². The lowest BCUT2D eigenvalue weighted by Gasteiger charge is -2.27. The maximum atomic E-state index is 13.0. The molecule has 1 saturated carbocycles. The van der Waals surface area contributed by atoms with Gasteiger partial charge >= 0.3 is 0 Å². The highest BCUT2D eigenvalue weighted by Gasteiger charge is 2.42. The number of carbonyl (C=O) groups is 1. The molecule has 0 bridgehead atoms. The molecule has 1 amide bonds. The normalized spacial score (nSPS) is 23.5. The number of amides is 1. The topological polar surface area (TPSA) is 92.5 Å². The Labute approximate surface area is 142 Å². The molecule has 134 valence electrons. The van der Waals surface area contributed by atoms with Crippen LogP contribution in [0.4, 0.5) is 0 Å². The molecule has 2 aliphatic rings. The summed E-state index contributed by atoms with van der Waals surface area (Å²) in [6.45, 7) is 3.55. The average Bonchev–Trinajstić information content (AvgIpc) is 3.16. The smallest absolute Gasteiger partial charge is 0.249 e. The van der Waals surface area contributed by atoms with Crippen LogP contribution in [0.5, 0.6) is 0 Å². The Kier molecular flexibility index (Phi) is 4.96. The Hall–Kier alpha value is -1.41. The number of rotatable bonds is 4. The number of hydrogen-bond donors (Lipinski definition) is 1. The highest BCUT2D eigenvalue weighted by Crippen LogP contribution is 2.30. The van der Waals surface area contributed by atoms with E-state index in [1.165, 1.54) is 10.7 Å². The predicted octanol–water partition coefficient (Wildman–Crippen LogP) is 1.89. The summed E-state index contributed by atoms with van der Waals surface area (Å²) in [7, 11) is -3.78. The van der Waals surface area contributed by atoms with Gasteiger partial charge in [-0.15, -0.1) is 0 Å². The minimum Gasteiger partial charge on any atom is -0.360 e. The van der Waals surface area contributed by atoms with Gasteiger partial charge in [0.2, 0.25) is 15.9 Å². The van der Waals surface area contributed by atoms with Crippen LogP contribution in [0, 0.1) is 13.8 Å². The molecule has 1 aliphatic heterocycles. The molecule has 7 nitrogen and oxygen atoms in total. The predicted molar refractivity (Wildman–Crippen MR) is 87.9 cm³/mol. The fraction of sp³-hybridized carbons (Fsp3) is 0.750. The molecule has 1 aromatic rings. The summed E-state index contributed by atoms with van der Waals surface area (Å²) in [6, 6.07) is -0.457. The van der Waals surface area contributed by atoms with Crippen LogP contribution in [-0.4, -0.2) is 42.4 Å². The second-order valence-corrected chi connectivity index (χ2v) is 8.60. The summed E-state index contributed by atoms with van der Waals surface area (Å²) in [5.74, 6) is 0.0978. The number of nitrogens with one attached hydrogen (secondary N) is 1. The van der Waals surface area contributed by atoms with Gasteiger partial charge in [-0.2, -0.15) is 4.31 Å². The maximum Gasteiger partial charge on any atom is 0.249 e. The van der Waals surface area contributed by atoms with Crippen molar-refractivity contribution in [1.82, 2.24) is 14.8 Å². The molecule has 2 heterocycles. The lowest BCUT2D eigenvalue weighted by Crippen LogP contribution is -2.49. The van der Waals surface area contributed by atoms with Gasteiger partial charge in [0.25, 0.3) is 0 Å². The molecule has 1 atom stereocenters. The van der Waals surface area contributed by atoms with Gasteiger partial charge in [-0.3, -0.25) is 4.79 Å². The standard InChI is InChI=1S/C16H25N3O4S/c1-11-15(12(2)23-18-11)24(21,22)19-10-6-9-14(19)16(20)17-13-7-4-3-5-8-13/h13-14H,3-10H2,1-2H3,(H,17,20)/t14-/m0/s1. The van der Waals surface area contributed by atoms with Crippen LogP contribution in [0.2, 0.25) is 0 Å². The van der Waals surface area contributed by atoms with E-state index in [1.54, 1.807) is 13.8 Å². The van der Waals surface area contributed by atoms with Gasteiger partial charge in [-0.25, -0.2) is 8.42 Å². The van der Waals surface area contributed by atoms with Crippen LogP contribution >= 0.6 is 0 Å². The first-order valence-electron chi connectivity index (χ1n) is 8.66. The zero-order valence-corrected chi connectivity index (χ0v) is 15.1. The number of carbonyl (C=O) groups excluding carboxylic acids is 1. The van der Waals surface area contributed by atoms with Crippen molar-refractivity contribution in [3.8, 4) is 0 Å². The lowest BCUT2D eigenvalue weighted by atomic mass is 9.95. The third kappa shape index (κ3) is 3.21. The Balaban J connectivity index is 1.78. The number of sulfonamides is 1. The SMILES string of the molecule is Cc1noc(C)c1S(=O)(=O)N1CCC[C@H]1C(=O)NC1CCCCC1. The molecular weight excluding hydrogens is 330 g/mol. The van der Waals surface area contributed by atoms with E-state index in [0.29, 0.717) is 25.1 Å². The summed E-state index contributed by atoms with van der Waals surface area (Å²) in [5, 5.41) is 6.79. The Morgan fingerprint density at radius 3 is 2.50 bits per heavy atom. The van der Waals surface area contributed by atoms with Gasteiger partial charge < -0.3 is 9.84 Å². The zero-order chi connectivity index (χ0) is 17.3. The number of hydrogen-bond acceptors (Lipinski definition) is 5. The van der Waals surface area contributed by atoms with Crippen LogP contribution in [0.15, 0.2) is 9.42 Å². The van der Waals surface area contributed by atoms with E-state index in [9.17, 15) is 13.2 Å². The van der Waals surface area contributed by atoms with Gasteiger partial charge in [-0.1, -0.05) is 24.4 Å². The van der Waals surface area contributed by atoms with Crippen LogP contribution < -0.4 is 5.32 Å². The van der Waals surface area contributed by atoms with Gasteiger partial charge in [0.15, 0.2) is 5.76 Å². The molecular formula is C16H25N3O4S. The molecule has 0 radical (unpaired) electrons. The number of aromatic nitrogens is 1. The molecule has 8 heteroatoms. The molecule has 1 aromatic heterocycles. The monoisotopic (exact) mass is 355 g/mol. The molecule has 3 rings (SSSR count). The molecule has 24 heavy (non-hydrogen) atoms. The minimum atomic E-state index is -3.78. The van der Waals surface area contributed by atoms with Gasteiger partial charge in [0.1, 0.15) is 16.6 Å². The second kappa shape index (κ2) is 6.84. The van der Waals surface area contributed by atoms with E-state index in [0.717, 1.165) is 25.7 Å². The fourth-order valence-corrected chi connectivity index (χ4v) is 5.75. The average molecular weight is 355 g/mol. The van der Waals surface area contributed by atoms with E-state index in [-0.39, 0.29) is 22.6 Å². The van der Waals surface area contributed by atoms with Crippen molar-refractivity contribution in [1.29, 1.82) is 0 Å². The van der Waals surface area contributed by atoms with Crippen LogP contribution in [0.3, 0.4) is 0 Å². The summed E-state index contributed by atoms with van der Waals surface area (Å²) in [4.78, 5) is 12.8. The largest absolute Gasteiger partial charge is 0.360 e. The van der Waals surface area contributed by atoms with E-state index in [2.05, 4.69) is 10.5 Å². The highest BCUT2D eigenvalue weighted by atomic mass is 32.2. The van der Waals surface area contributed by atoms with Crippen molar-refractivity contribution < 1.29 is 17.7 Å². The van der Waals surface area contributed by atoms with Crippen molar-refractivity contribution >= 4 is 15.9 Å². The van der Waals surface area contributed by atoms with E-state index >= 15 is 0 Å². The molecule has 2 fully saturated rings. The lowest BCUT2D eigenvalue weighted by molar-refractivity contribution is -0.125. The number of aryl methyl sites for hydroxylation is 2. The fourth-order valence-electron chi connectivity index (χ4n) is 3.79. The van der Waals surface area contributed by atoms with Crippen LogP contribution in [0.25, 0.3) is 0 Å². The molecule has 0 spiro atoms. The first kappa shape index (κ1) is 17.4. The quantitative estimate of drug-likeness (QED) is 0.890. The van der Waals surface area contributed by atoms with E-state index < -0.39 is 16.1 Å². The summed E-state index contributed by atoms with van der Waals surface area (Å²) < 4.78 is 32.3. The van der Waals surface area contributed by atoms with Gasteiger partial charge in [0.05, 0.1) is 0 Å². The first-order chi connectivity index (χ1) is 11.4. The Morgan fingerprint density at radius 2 is 1.88 bits per heavy atom. The molecule has 1 aliphatic carbocycles.